The molecule has 0 N–H and O–H groups in total. The van der Waals surface area contributed by atoms with E-state index >= 15 is 0 Å². The van der Waals surface area contributed by atoms with E-state index in [9.17, 15) is 0 Å². The van der Waals surface area contributed by atoms with E-state index in [0.29, 0.717) is 19.8 Å². The van der Waals surface area contributed by atoms with Crippen LogP contribution in [0.2, 0.25) is 0 Å². The van der Waals surface area contributed by atoms with Crippen LogP contribution in [0.3, 0.4) is 0 Å². The van der Waals surface area contributed by atoms with Crippen molar-refractivity contribution in [1.82, 2.24) is 0 Å². The standard InChI is InChI=1S/C20H24O4/c1-12-4-5-15-10-17(13(2)9-16(15)8-12)11-23-18-14(3)24-20-19(18)21-6-7-22-20/h4-5,8-10,14,18-20H,6-7,11H2,1-3H3/t14-,18+,19-,20+/m1/s1. The Morgan fingerprint density at radius 3 is 2.75 bits per heavy atom. The Hall–Kier alpha value is -1.46. The normalized spacial score (nSPS) is 29.8. The molecule has 0 bridgehead atoms. The van der Waals surface area contributed by atoms with E-state index in [1.807, 2.05) is 6.92 Å². The number of hydrogen-bond donors (Lipinski definition) is 0. The minimum Gasteiger partial charge on any atom is -0.368 e. The molecule has 0 radical (unpaired) electrons. The second kappa shape index (κ2) is 6.45. The molecule has 2 aromatic carbocycles. The van der Waals surface area contributed by atoms with Crippen LogP contribution >= 0.6 is 0 Å². The van der Waals surface area contributed by atoms with Crippen molar-refractivity contribution in [3.63, 3.8) is 0 Å². The molecule has 0 saturated carbocycles. The van der Waals surface area contributed by atoms with Crippen molar-refractivity contribution in [1.29, 1.82) is 0 Å². The van der Waals surface area contributed by atoms with Crippen molar-refractivity contribution in [3.8, 4) is 0 Å². The molecule has 4 rings (SSSR count). The summed E-state index contributed by atoms with van der Waals surface area (Å²) < 4.78 is 23.4. The first kappa shape index (κ1) is 16.0. The Balaban J connectivity index is 1.52. The van der Waals surface area contributed by atoms with Crippen LogP contribution in [0.5, 0.6) is 0 Å². The molecule has 2 aliphatic rings. The number of rotatable bonds is 3. The number of aryl methyl sites for hydroxylation is 2. The first-order valence-electron chi connectivity index (χ1n) is 8.62. The zero-order valence-electron chi connectivity index (χ0n) is 14.5. The number of benzene rings is 2. The van der Waals surface area contributed by atoms with Crippen molar-refractivity contribution in [2.24, 2.45) is 0 Å². The molecule has 128 valence electrons. The molecule has 0 amide bonds. The van der Waals surface area contributed by atoms with Crippen molar-refractivity contribution >= 4 is 10.8 Å². The molecule has 24 heavy (non-hydrogen) atoms. The summed E-state index contributed by atoms with van der Waals surface area (Å²) in [7, 11) is 0. The smallest absolute Gasteiger partial charge is 0.186 e. The van der Waals surface area contributed by atoms with Gasteiger partial charge < -0.3 is 18.9 Å². The quantitative estimate of drug-likeness (QED) is 0.864. The second-order valence-corrected chi connectivity index (χ2v) is 6.82. The van der Waals surface area contributed by atoms with Crippen LogP contribution in [-0.4, -0.2) is 37.8 Å². The maximum atomic E-state index is 6.19. The highest BCUT2D eigenvalue weighted by molar-refractivity contribution is 5.84. The van der Waals surface area contributed by atoms with Gasteiger partial charge >= 0.3 is 0 Å². The fraction of sp³-hybridized carbons (Fsp3) is 0.500. The molecule has 4 nitrogen and oxygen atoms in total. The van der Waals surface area contributed by atoms with E-state index in [1.54, 1.807) is 0 Å². The molecule has 0 aromatic heterocycles. The van der Waals surface area contributed by atoms with E-state index < -0.39 is 0 Å². The van der Waals surface area contributed by atoms with Gasteiger partial charge in [-0.15, -0.1) is 0 Å². The summed E-state index contributed by atoms with van der Waals surface area (Å²) in [4.78, 5) is 0. The van der Waals surface area contributed by atoms with Crippen molar-refractivity contribution < 1.29 is 18.9 Å². The van der Waals surface area contributed by atoms with Gasteiger partial charge in [-0.1, -0.05) is 29.8 Å². The average Bonchev–Trinajstić information content (AvgIpc) is 2.88. The molecule has 2 fully saturated rings. The van der Waals surface area contributed by atoms with Crippen LogP contribution in [0.25, 0.3) is 10.8 Å². The molecular weight excluding hydrogens is 304 g/mol. The maximum absolute atomic E-state index is 6.19. The monoisotopic (exact) mass is 328 g/mol. The highest BCUT2D eigenvalue weighted by atomic mass is 16.7. The molecule has 4 atom stereocenters. The van der Waals surface area contributed by atoms with E-state index in [-0.39, 0.29) is 24.6 Å². The fourth-order valence-corrected chi connectivity index (χ4v) is 3.59. The Labute approximate surface area is 142 Å². The highest BCUT2D eigenvalue weighted by Crippen LogP contribution is 2.30. The Kier molecular flexibility index (Phi) is 4.31. The lowest BCUT2D eigenvalue weighted by Crippen LogP contribution is -2.42. The zero-order chi connectivity index (χ0) is 16.7. The van der Waals surface area contributed by atoms with Gasteiger partial charge in [-0.05, 0) is 48.7 Å². The molecular formula is C20H24O4. The third kappa shape index (κ3) is 2.95. The van der Waals surface area contributed by atoms with Crippen LogP contribution in [0.15, 0.2) is 30.3 Å². The van der Waals surface area contributed by atoms with Crippen molar-refractivity contribution in [2.45, 2.75) is 52.0 Å². The third-order valence-corrected chi connectivity index (χ3v) is 4.96. The van der Waals surface area contributed by atoms with Crippen LogP contribution < -0.4 is 0 Å². The first-order valence-corrected chi connectivity index (χ1v) is 8.62. The van der Waals surface area contributed by atoms with Crippen LogP contribution in [0, 0.1) is 13.8 Å². The SMILES string of the molecule is Cc1ccc2cc(CO[C@@H]3[C@H]4OCCO[C@H]4O[C@@H]3C)c(C)cc2c1. The van der Waals surface area contributed by atoms with Gasteiger partial charge in [0.25, 0.3) is 0 Å². The second-order valence-electron chi connectivity index (χ2n) is 6.82. The van der Waals surface area contributed by atoms with Crippen molar-refractivity contribution in [2.75, 3.05) is 13.2 Å². The predicted molar refractivity (Wildman–Crippen MR) is 92.0 cm³/mol. The maximum Gasteiger partial charge on any atom is 0.186 e. The summed E-state index contributed by atoms with van der Waals surface area (Å²) in [5, 5.41) is 2.52. The van der Waals surface area contributed by atoms with E-state index in [4.69, 9.17) is 18.9 Å². The Morgan fingerprint density at radius 1 is 1.04 bits per heavy atom. The largest absolute Gasteiger partial charge is 0.368 e. The highest BCUT2D eigenvalue weighted by Gasteiger charge is 2.46. The molecule has 4 heteroatoms. The summed E-state index contributed by atoms with van der Waals surface area (Å²) in [6.45, 7) is 8.02. The Morgan fingerprint density at radius 2 is 1.88 bits per heavy atom. The minimum absolute atomic E-state index is 0.0264. The van der Waals surface area contributed by atoms with Gasteiger partial charge in [0.05, 0.1) is 25.9 Å². The third-order valence-electron chi connectivity index (χ3n) is 4.96. The molecule has 2 saturated heterocycles. The van der Waals surface area contributed by atoms with Gasteiger partial charge in [-0.3, -0.25) is 0 Å². The lowest BCUT2D eigenvalue weighted by molar-refractivity contribution is -0.221. The predicted octanol–water partition coefficient (Wildman–Crippen LogP) is 3.50. The topological polar surface area (TPSA) is 36.9 Å². The molecule has 2 aromatic rings. The van der Waals surface area contributed by atoms with Crippen LogP contribution in [0.1, 0.15) is 23.6 Å². The van der Waals surface area contributed by atoms with Gasteiger partial charge in [-0.2, -0.15) is 0 Å². The van der Waals surface area contributed by atoms with Crippen LogP contribution in [-0.2, 0) is 25.6 Å². The van der Waals surface area contributed by atoms with E-state index in [0.717, 1.165) is 0 Å². The van der Waals surface area contributed by atoms with E-state index in [2.05, 4.69) is 44.2 Å². The summed E-state index contributed by atoms with van der Waals surface area (Å²) in [6.07, 6.45) is -0.540. The number of hydrogen-bond acceptors (Lipinski definition) is 4. The molecule has 2 heterocycles. The molecule has 0 unspecified atom stereocenters. The van der Waals surface area contributed by atoms with Gasteiger partial charge in [0, 0.05) is 0 Å². The minimum atomic E-state index is -0.292. The summed E-state index contributed by atoms with van der Waals surface area (Å²) in [5.41, 5.74) is 3.74. The number of ether oxygens (including phenoxy) is 4. The molecule has 2 aliphatic heterocycles. The summed E-state index contributed by atoms with van der Waals surface area (Å²) in [5.74, 6) is 0. The Bertz CT molecular complexity index is 742. The van der Waals surface area contributed by atoms with Gasteiger partial charge in [0.1, 0.15) is 12.2 Å². The van der Waals surface area contributed by atoms with Gasteiger partial charge in [0.2, 0.25) is 0 Å². The summed E-state index contributed by atoms with van der Waals surface area (Å²) >= 11 is 0. The number of fused-ring (bicyclic) bond motifs is 2. The lowest BCUT2D eigenvalue weighted by atomic mass is 10.0. The zero-order valence-corrected chi connectivity index (χ0v) is 14.5. The molecule has 0 aliphatic carbocycles. The first-order chi connectivity index (χ1) is 11.6. The average molecular weight is 328 g/mol. The van der Waals surface area contributed by atoms with Crippen LogP contribution in [0.4, 0.5) is 0 Å². The van der Waals surface area contributed by atoms with E-state index in [1.165, 1.54) is 27.5 Å². The van der Waals surface area contributed by atoms with Gasteiger partial charge in [0.15, 0.2) is 6.29 Å². The van der Waals surface area contributed by atoms with Crippen molar-refractivity contribution in [3.05, 3.63) is 47.0 Å². The molecule has 0 spiro atoms. The fourth-order valence-electron chi connectivity index (χ4n) is 3.59. The summed E-state index contributed by atoms with van der Waals surface area (Å²) in [6, 6.07) is 11.0. The van der Waals surface area contributed by atoms with Gasteiger partial charge in [-0.25, -0.2) is 0 Å². The lowest BCUT2D eigenvalue weighted by Gasteiger charge is -2.28.